The highest BCUT2D eigenvalue weighted by molar-refractivity contribution is 6.30. The van der Waals surface area contributed by atoms with Crippen molar-refractivity contribution in [1.29, 1.82) is 0 Å². The van der Waals surface area contributed by atoms with Gasteiger partial charge in [-0.05, 0) is 37.1 Å². The topological polar surface area (TPSA) is 33.1 Å². The Balaban J connectivity index is 1.74. The number of anilines is 1. The summed E-state index contributed by atoms with van der Waals surface area (Å²) in [6.45, 7) is 4.23. The second-order valence-corrected chi connectivity index (χ2v) is 6.60. The number of hydrogen-bond acceptors (Lipinski definition) is 3. The fourth-order valence-corrected chi connectivity index (χ4v) is 3.48. The summed E-state index contributed by atoms with van der Waals surface area (Å²) in [6.07, 6.45) is 5.93. The van der Waals surface area contributed by atoms with Crippen molar-refractivity contribution in [3.63, 3.8) is 0 Å². The molecule has 1 aromatic carbocycles. The van der Waals surface area contributed by atoms with Crippen molar-refractivity contribution >= 4 is 17.3 Å². The van der Waals surface area contributed by atoms with Crippen molar-refractivity contribution in [1.82, 2.24) is 15.1 Å². The van der Waals surface area contributed by atoms with Crippen LogP contribution < -0.4 is 10.2 Å². The van der Waals surface area contributed by atoms with Crippen LogP contribution in [-0.2, 0) is 0 Å². The molecule has 116 valence electrons. The van der Waals surface area contributed by atoms with Crippen molar-refractivity contribution < 1.29 is 0 Å². The molecule has 0 radical (unpaired) electrons. The molecule has 1 aromatic heterocycles. The average Bonchev–Trinajstić information content (AvgIpc) is 2.92. The average molecular weight is 317 g/mol. The molecule has 1 saturated carbocycles. The molecule has 0 unspecified atom stereocenters. The minimum Gasteiger partial charge on any atom is -0.366 e. The van der Waals surface area contributed by atoms with Gasteiger partial charge in [-0.15, -0.1) is 0 Å². The first-order valence-electron chi connectivity index (χ1n) is 8.12. The Morgan fingerprint density at radius 3 is 2.45 bits per heavy atom. The third kappa shape index (κ3) is 2.50. The van der Waals surface area contributed by atoms with Crippen molar-refractivity contribution in [2.75, 3.05) is 31.1 Å². The Hall–Kier alpha value is -1.52. The summed E-state index contributed by atoms with van der Waals surface area (Å²) < 4.78 is 2.12. The van der Waals surface area contributed by atoms with Crippen LogP contribution in [0.15, 0.2) is 30.5 Å². The molecule has 0 spiro atoms. The molecule has 1 aliphatic carbocycles. The van der Waals surface area contributed by atoms with E-state index in [1.165, 1.54) is 30.6 Å². The Kier molecular flexibility index (Phi) is 3.80. The van der Waals surface area contributed by atoms with Crippen LogP contribution in [0.2, 0.25) is 5.02 Å². The highest BCUT2D eigenvalue weighted by Crippen LogP contribution is 2.42. The van der Waals surface area contributed by atoms with Crippen LogP contribution in [0.25, 0.3) is 5.69 Å². The van der Waals surface area contributed by atoms with E-state index in [2.05, 4.69) is 27.0 Å². The van der Waals surface area contributed by atoms with Gasteiger partial charge >= 0.3 is 0 Å². The minimum atomic E-state index is 0.642. The van der Waals surface area contributed by atoms with Crippen molar-refractivity contribution in [2.45, 2.75) is 25.2 Å². The van der Waals surface area contributed by atoms with Crippen LogP contribution in [0.5, 0.6) is 0 Å². The predicted molar refractivity (Wildman–Crippen MR) is 90.2 cm³/mol. The molecule has 4 nitrogen and oxygen atoms in total. The van der Waals surface area contributed by atoms with Crippen LogP contribution in [0.3, 0.4) is 0 Å². The minimum absolute atomic E-state index is 0.642. The number of aromatic nitrogens is 2. The molecular formula is C17H21ClN4. The SMILES string of the molecule is Clc1ccc(-n2ncc(N3CCNCC3)c2C2CCC2)cc1. The normalized spacial score (nSPS) is 19.2. The first-order chi connectivity index (χ1) is 10.8. The van der Waals surface area contributed by atoms with Gasteiger partial charge in [-0.1, -0.05) is 18.0 Å². The molecule has 2 aromatic rings. The summed E-state index contributed by atoms with van der Waals surface area (Å²) in [7, 11) is 0. The molecule has 2 fully saturated rings. The molecule has 2 aliphatic rings. The highest BCUT2D eigenvalue weighted by atomic mass is 35.5. The third-order valence-corrected chi connectivity index (χ3v) is 5.06. The summed E-state index contributed by atoms with van der Waals surface area (Å²) in [5.74, 6) is 0.642. The second kappa shape index (κ2) is 5.94. The fraction of sp³-hybridized carbons (Fsp3) is 0.471. The molecule has 0 amide bonds. The molecule has 5 heteroatoms. The number of nitrogens with one attached hydrogen (secondary N) is 1. The van der Waals surface area contributed by atoms with E-state index in [0.717, 1.165) is 36.9 Å². The van der Waals surface area contributed by atoms with Gasteiger partial charge in [0.2, 0.25) is 0 Å². The summed E-state index contributed by atoms with van der Waals surface area (Å²) in [5, 5.41) is 8.90. The smallest absolute Gasteiger partial charge is 0.0793 e. The zero-order valence-electron chi connectivity index (χ0n) is 12.6. The second-order valence-electron chi connectivity index (χ2n) is 6.17. The number of benzene rings is 1. The Morgan fingerprint density at radius 2 is 1.82 bits per heavy atom. The number of rotatable bonds is 3. The standard InChI is InChI=1S/C17H21ClN4/c18-14-4-6-15(7-5-14)22-17(13-2-1-3-13)16(12-20-22)21-10-8-19-9-11-21/h4-7,12-13,19H,1-3,8-11H2. The molecule has 4 rings (SSSR count). The van der Waals surface area contributed by atoms with Gasteiger partial charge in [-0.3, -0.25) is 0 Å². The number of halogens is 1. The van der Waals surface area contributed by atoms with E-state index in [1.807, 2.05) is 18.3 Å². The molecule has 1 N–H and O–H groups in total. The Labute approximate surface area is 136 Å². The van der Waals surface area contributed by atoms with Crippen LogP contribution >= 0.6 is 11.6 Å². The van der Waals surface area contributed by atoms with Crippen LogP contribution in [0.1, 0.15) is 30.9 Å². The molecule has 0 bridgehead atoms. The lowest BCUT2D eigenvalue weighted by atomic mass is 9.82. The number of hydrogen-bond donors (Lipinski definition) is 1. The molecular weight excluding hydrogens is 296 g/mol. The molecule has 2 heterocycles. The van der Waals surface area contributed by atoms with Crippen LogP contribution in [0.4, 0.5) is 5.69 Å². The highest BCUT2D eigenvalue weighted by Gasteiger charge is 2.29. The van der Waals surface area contributed by atoms with Gasteiger partial charge in [-0.25, -0.2) is 4.68 Å². The fourth-order valence-electron chi connectivity index (χ4n) is 3.35. The first-order valence-corrected chi connectivity index (χ1v) is 8.50. The quantitative estimate of drug-likeness (QED) is 0.944. The van der Waals surface area contributed by atoms with Gasteiger partial charge in [0, 0.05) is 37.1 Å². The van der Waals surface area contributed by atoms with Gasteiger partial charge in [0.05, 0.1) is 23.3 Å². The lowest BCUT2D eigenvalue weighted by molar-refractivity contribution is 0.402. The van der Waals surface area contributed by atoms with Crippen LogP contribution in [0, 0.1) is 0 Å². The van der Waals surface area contributed by atoms with Crippen molar-refractivity contribution in [3.8, 4) is 5.69 Å². The summed E-state index contributed by atoms with van der Waals surface area (Å²) in [5.41, 5.74) is 3.81. The molecule has 1 saturated heterocycles. The lowest BCUT2D eigenvalue weighted by Crippen LogP contribution is -2.44. The van der Waals surface area contributed by atoms with Crippen molar-refractivity contribution in [3.05, 3.63) is 41.2 Å². The van der Waals surface area contributed by atoms with Gasteiger partial charge in [-0.2, -0.15) is 5.10 Å². The van der Waals surface area contributed by atoms with Crippen LogP contribution in [-0.4, -0.2) is 36.0 Å². The monoisotopic (exact) mass is 316 g/mol. The van der Waals surface area contributed by atoms with E-state index in [4.69, 9.17) is 16.7 Å². The van der Waals surface area contributed by atoms with E-state index >= 15 is 0 Å². The Morgan fingerprint density at radius 1 is 1.09 bits per heavy atom. The van der Waals surface area contributed by atoms with E-state index in [0.29, 0.717) is 5.92 Å². The number of piperazine rings is 1. The third-order valence-electron chi connectivity index (χ3n) is 4.81. The zero-order valence-corrected chi connectivity index (χ0v) is 13.4. The van der Waals surface area contributed by atoms with Gasteiger partial charge < -0.3 is 10.2 Å². The van der Waals surface area contributed by atoms with Gasteiger partial charge in [0.25, 0.3) is 0 Å². The van der Waals surface area contributed by atoms with E-state index < -0.39 is 0 Å². The summed E-state index contributed by atoms with van der Waals surface area (Å²) in [6, 6.07) is 7.99. The zero-order chi connectivity index (χ0) is 14.9. The summed E-state index contributed by atoms with van der Waals surface area (Å²) in [4.78, 5) is 2.48. The van der Waals surface area contributed by atoms with Gasteiger partial charge in [0.15, 0.2) is 0 Å². The molecule has 1 aliphatic heterocycles. The predicted octanol–water partition coefficient (Wildman–Crippen LogP) is 3.20. The van der Waals surface area contributed by atoms with E-state index in [9.17, 15) is 0 Å². The molecule has 0 atom stereocenters. The van der Waals surface area contributed by atoms with Crippen molar-refractivity contribution in [2.24, 2.45) is 0 Å². The largest absolute Gasteiger partial charge is 0.366 e. The van der Waals surface area contributed by atoms with E-state index in [-0.39, 0.29) is 0 Å². The van der Waals surface area contributed by atoms with Gasteiger partial charge in [0.1, 0.15) is 0 Å². The summed E-state index contributed by atoms with van der Waals surface area (Å²) >= 11 is 6.02. The lowest BCUT2D eigenvalue weighted by Gasteiger charge is -2.33. The Bertz CT molecular complexity index is 639. The molecule has 22 heavy (non-hydrogen) atoms. The maximum atomic E-state index is 6.02. The first kappa shape index (κ1) is 14.1. The maximum Gasteiger partial charge on any atom is 0.0793 e. The van der Waals surface area contributed by atoms with E-state index in [1.54, 1.807) is 0 Å². The number of nitrogens with zero attached hydrogens (tertiary/aromatic N) is 3. The maximum absolute atomic E-state index is 6.02.